The minimum Gasteiger partial charge on any atom is -0.439 e. The highest BCUT2D eigenvalue weighted by Crippen LogP contribution is 2.26. The van der Waals surface area contributed by atoms with Crippen LogP contribution < -0.4 is 10.5 Å². The van der Waals surface area contributed by atoms with Crippen molar-refractivity contribution in [2.75, 3.05) is 0 Å². The Morgan fingerprint density at radius 1 is 1.21 bits per heavy atom. The molecule has 3 nitrogen and oxygen atoms in total. The number of ether oxygens (including phenoxy) is 1. The minimum atomic E-state index is 0.486. The topological polar surface area (TPSA) is 48.1 Å². The third-order valence-corrected chi connectivity index (χ3v) is 3.38. The summed E-state index contributed by atoms with van der Waals surface area (Å²) in [6.45, 7) is 4.47. The molecule has 0 aliphatic carbocycles. The van der Waals surface area contributed by atoms with Gasteiger partial charge in [-0.05, 0) is 42.7 Å². The van der Waals surface area contributed by atoms with Gasteiger partial charge in [0.15, 0.2) is 0 Å². The molecule has 1 aromatic heterocycles. The highest BCUT2D eigenvalue weighted by atomic mass is 35.5. The molecule has 0 spiro atoms. The summed E-state index contributed by atoms with van der Waals surface area (Å²) in [5.74, 6) is 1.31. The lowest BCUT2D eigenvalue weighted by atomic mass is 10.1. The number of aryl methyl sites for hydroxylation is 2. The molecule has 0 radical (unpaired) electrons. The molecule has 0 atom stereocenters. The number of nitrogens with two attached hydrogens (primary N) is 1. The molecule has 100 valence electrons. The zero-order valence-corrected chi connectivity index (χ0v) is 11.9. The maximum atomic E-state index is 6.08. The summed E-state index contributed by atoms with van der Waals surface area (Å²) in [6, 6.07) is 9.39. The molecule has 4 heteroatoms. The van der Waals surface area contributed by atoms with Crippen molar-refractivity contribution in [1.82, 2.24) is 4.98 Å². The largest absolute Gasteiger partial charge is 0.439 e. The maximum Gasteiger partial charge on any atom is 0.219 e. The van der Waals surface area contributed by atoms with Gasteiger partial charge in [-0.25, -0.2) is 4.98 Å². The second-order valence-corrected chi connectivity index (χ2v) is 4.71. The van der Waals surface area contributed by atoms with E-state index in [1.54, 1.807) is 0 Å². The lowest BCUT2D eigenvalue weighted by Crippen LogP contribution is -2.01. The third-order valence-electron chi connectivity index (χ3n) is 3.01. The molecule has 0 unspecified atom stereocenters. The van der Waals surface area contributed by atoms with Gasteiger partial charge >= 0.3 is 0 Å². The van der Waals surface area contributed by atoms with Gasteiger partial charge in [0, 0.05) is 23.3 Å². The molecule has 0 fully saturated rings. The first-order valence-corrected chi connectivity index (χ1v) is 6.64. The van der Waals surface area contributed by atoms with Crippen LogP contribution in [-0.2, 0) is 13.0 Å². The second kappa shape index (κ2) is 6.04. The van der Waals surface area contributed by atoms with Gasteiger partial charge in [0.25, 0.3) is 0 Å². The summed E-state index contributed by atoms with van der Waals surface area (Å²) in [7, 11) is 0. The van der Waals surface area contributed by atoms with Crippen molar-refractivity contribution in [3.63, 3.8) is 0 Å². The van der Waals surface area contributed by atoms with E-state index >= 15 is 0 Å². The number of pyridine rings is 1. The smallest absolute Gasteiger partial charge is 0.219 e. The monoisotopic (exact) mass is 276 g/mol. The van der Waals surface area contributed by atoms with Crippen molar-refractivity contribution < 1.29 is 4.74 Å². The van der Waals surface area contributed by atoms with Crippen LogP contribution in [0.25, 0.3) is 0 Å². The number of nitrogens with zero attached hydrogens (tertiary/aromatic N) is 1. The molecule has 0 amide bonds. The zero-order valence-electron chi connectivity index (χ0n) is 11.1. The fourth-order valence-electron chi connectivity index (χ4n) is 1.85. The second-order valence-electron chi connectivity index (χ2n) is 4.31. The molecule has 0 bridgehead atoms. The highest BCUT2D eigenvalue weighted by molar-refractivity contribution is 6.31. The van der Waals surface area contributed by atoms with E-state index in [2.05, 4.69) is 11.9 Å². The first kappa shape index (κ1) is 13.8. The summed E-state index contributed by atoms with van der Waals surface area (Å²) >= 11 is 6.08. The molecule has 0 saturated carbocycles. The zero-order chi connectivity index (χ0) is 13.8. The standard InChI is InChI=1S/C15H17ClN2O/c1-3-11-8-13(5-6-14(11)16)19-15-7-4-12(9-17)10(2)18-15/h4-8H,3,9,17H2,1-2H3. The fourth-order valence-corrected chi connectivity index (χ4v) is 2.10. The molecular formula is C15H17ClN2O. The van der Waals surface area contributed by atoms with E-state index in [1.807, 2.05) is 37.3 Å². The van der Waals surface area contributed by atoms with Gasteiger partial charge in [0.05, 0.1) is 0 Å². The first-order valence-electron chi connectivity index (χ1n) is 6.27. The third kappa shape index (κ3) is 3.25. The van der Waals surface area contributed by atoms with Crippen LogP contribution in [0.4, 0.5) is 0 Å². The van der Waals surface area contributed by atoms with Crippen LogP contribution in [0.15, 0.2) is 30.3 Å². The predicted octanol–water partition coefficient (Wildman–Crippen LogP) is 3.86. The Balaban J connectivity index is 2.23. The van der Waals surface area contributed by atoms with E-state index < -0.39 is 0 Å². The Morgan fingerprint density at radius 2 is 2.00 bits per heavy atom. The van der Waals surface area contributed by atoms with Crippen molar-refractivity contribution in [1.29, 1.82) is 0 Å². The van der Waals surface area contributed by atoms with Crippen LogP contribution in [0.1, 0.15) is 23.7 Å². The molecular weight excluding hydrogens is 260 g/mol. The van der Waals surface area contributed by atoms with Crippen LogP contribution in [0.5, 0.6) is 11.6 Å². The molecule has 1 heterocycles. The Morgan fingerprint density at radius 3 is 2.63 bits per heavy atom. The van der Waals surface area contributed by atoms with E-state index in [4.69, 9.17) is 22.1 Å². The van der Waals surface area contributed by atoms with Crippen LogP contribution in [0.3, 0.4) is 0 Å². The molecule has 0 aliphatic rings. The summed E-state index contributed by atoms with van der Waals surface area (Å²) in [4.78, 5) is 4.38. The van der Waals surface area contributed by atoms with Crippen LogP contribution >= 0.6 is 11.6 Å². The average molecular weight is 277 g/mol. The Hall–Kier alpha value is -1.58. The molecule has 0 aliphatic heterocycles. The predicted molar refractivity (Wildman–Crippen MR) is 77.8 cm³/mol. The van der Waals surface area contributed by atoms with Crippen LogP contribution in [-0.4, -0.2) is 4.98 Å². The maximum absolute atomic E-state index is 6.08. The fraction of sp³-hybridized carbons (Fsp3) is 0.267. The first-order chi connectivity index (χ1) is 9.13. The highest BCUT2D eigenvalue weighted by Gasteiger charge is 2.05. The quantitative estimate of drug-likeness (QED) is 0.922. The van der Waals surface area contributed by atoms with Crippen molar-refractivity contribution in [2.45, 2.75) is 26.8 Å². The summed E-state index contributed by atoms with van der Waals surface area (Å²) in [6.07, 6.45) is 0.870. The van der Waals surface area contributed by atoms with E-state index in [-0.39, 0.29) is 0 Å². The Kier molecular flexibility index (Phi) is 4.40. The molecule has 0 saturated heterocycles. The van der Waals surface area contributed by atoms with Crippen LogP contribution in [0, 0.1) is 6.92 Å². The number of halogens is 1. The van der Waals surface area contributed by atoms with Crippen molar-refractivity contribution in [2.24, 2.45) is 5.73 Å². The molecule has 2 rings (SSSR count). The summed E-state index contributed by atoms with van der Waals surface area (Å²) in [5, 5.41) is 0.762. The van der Waals surface area contributed by atoms with Gasteiger partial charge in [-0.3, -0.25) is 0 Å². The number of hydrogen-bond donors (Lipinski definition) is 1. The van der Waals surface area contributed by atoms with Gasteiger partial charge in [-0.2, -0.15) is 0 Å². The SMILES string of the molecule is CCc1cc(Oc2ccc(CN)c(C)n2)ccc1Cl. The lowest BCUT2D eigenvalue weighted by Gasteiger charge is -2.09. The number of aromatic nitrogens is 1. The van der Waals surface area contributed by atoms with Gasteiger partial charge in [0.2, 0.25) is 5.88 Å². The average Bonchev–Trinajstić information content (AvgIpc) is 2.41. The van der Waals surface area contributed by atoms with E-state index in [0.717, 1.165) is 34.0 Å². The normalized spacial score (nSPS) is 10.5. The van der Waals surface area contributed by atoms with Gasteiger partial charge in [0.1, 0.15) is 5.75 Å². The molecule has 2 aromatic rings. The molecule has 19 heavy (non-hydrogen) atoms. The van der Waals surface area contributed by atoms with E-state index in [9.17, 15) is 0 Å². The van der Waals surface area contributed by atoms with Crippen molar-refractivity contribution in [3.8, 4) is 11.6 Å². The van der Waals surface area contributed by atoms with E-state index in [0.29, 0.717) is 12.4 Å². The number of hydrogen-bond acceptors (Lipinski definition) is 3. The number of benzene rings is 1. The van der Waals surface area contributed by atoms with Crippen molar-refractivity contribution in [3.05, 3.63) is 52.2 Å². The Labute approximate surface area is 118 Å². The Bertz CT molecular complexity index is 584. The van der Waals surface area contributed by atoms with E-state index in [1.165, 1.54) is 0 Å². The van der Waals surface area contributed by atoms with Gasteiger partial charge in [-0.1, -0.05) is 24.6 Å². The van der Waals surface area contributed by atoms with Crippen LogP contribution in [0.2, 0.25) is 5.02 Å². The number of rotatable bonds is 4. The molecule has 2 N–H and O–H groups in total. The van der Waals surface area contributed by atoms with Gasteiger partial charge in [-0.15, -0.1) is 0 Å². The summed E-state index contributed by atoms with van der Waals surface area (Å²) in [5.41, 5.74) is 8.60. The van der Waals surface area contributed by atoms with Crippen molar-refractivity contribution >= 4 is 11.6 Å². The summed E-state index contributed by atoms with van der Waals surface area (Å²) < 4.78 is 5.75. The van der Waals surface area contributed by atoms with Gasteiger partial charge < -0.3 is 10.5 Å². The lowest BCUT2D eigenvalue weighted by molar-refractivity contribution is 0.460. The minimum absolute atomic E-state index is 0.486. The molecule has 1 aromatic carbocycles.